The van der Waals surface area contributed by atoms with E-state index in [1.807, 2.05) is 0 Å². The zero-order chi connectivity index (χ0) is 12.6. The summed E-state index contributed by atoms with van der Waals surface area (Å²) in [5.41, 5.74) is -1.50. The summed E-state index contributed by atoms with van der Waals surface area (Å²) in [6.45, 7) is 0. The largest absolute Gasteiger partial charge is 0.506 e. The van der Waals surface area contributed by atoms with Crippen LogP contribution in [0.3, 0.4) is 0 Å². The van der Waals surface area contributed by atoms with Gasteiger partial charge in [0.05, 0.1) is 17.5 Å². The van der Waals surface area contributed by atoms with Crippen molar-refractivity contribution in [3.63, 3.8) is 0 Å². The lowest BCUT2D eigenvalue weighted by Crippen LogP contribution is -2.15. The summed E-state index contributed by atoms with van der Waals surface area (Å²) in [4.78, 5) is 22.8. The summed E-state index contributed by atoms with van der Waals surface area (Å²) in [5.74, 6) is -1.45. The highest BCUT2D eigenvalue weighted by Crippen LogP contribution is 2.30. The molecule has 0 unspecified atom stereocenters. The lowest BCUT2D eigenvalue weighted by Gasteiger charge is -2.05. The van der Waals surface area contributed by atoms with Crippen molar-refractivity contribution < 1.29 is 19.1 Å². The average molecular weight is 255 g/mol. The molecule has 6 heteroatoms. The van der Waals surface area contributed by atoms with Crippen molar-refractivity contribution in [2.45, 2.75) is 0 Å². The summed E-state index contributed by atoms with van der Waals surface area (Å²) in [6.07, 6.45) is 0. The fourth-order valence-electron chi connectivity index (χ4n) is 1.46. The molecule has 1 aromatic carbocycles. The molecule has 0 aliphatic rings. The number of rotatable bonds is 1. The van der Waals surface area contributed by atoms with Gasteiger partial charge in [0.1, 0.15) is 5.75 Å². The lowest BCUT2D eigenvalue weighted by atomic mass is 10.1. The maximum absolute atomic E-state index is 11.5. The van der Waals surface area contributed by atoms with Crippen molar-refractivity contribution in [1.82, 2.24) is 0 Å². The number of benzene rings is 1. The second kappa shape index (κ2) is 4.10. The molecule has 5 nitrogen and oxygen atoms in total. The Morgan fingerprint density at radius 2 is 2.18 bits per heavy atom. The Bertz CT molecular complexity index is 659. The first-order chi connectivity index (χ1) is 8.06. The smallest absolute Gasteiger partial charge is 0.354 e. The Labute approximate surface area is 100 Å². The fourth-order valence-corrected chi connectivity index (χ4v) is 1.67. The number of ether oxygens (including phenoxy) is 1. The van der Waals surface area contributed by atoms with Crippen LogP contribution in [0.4, 0.5) is 0 Å². The second-order valence-corrected chi connectivity index (χ2v) is 3.63. The number of aromatic hydroxyl groups is 1. The van der Waals surface area contributed by atoms with Crippen molar-refractivity contribution in [1.29, 1.82) is 0 Å². The lowest BCUT2D eigenvalue weighted by molar-refractivity contribution is 0.0593. The van der Waals surface area contributed by atoms with Gasteiger partial charge in [0.2, 0.25) is 0 Å². The van der Waals surface area contributed by atoms with Crippen LogP contribution in [-0.4, -0.2) is 18.2 Å². The van der Waals surface area contributed by atoms with Crippen molar-refractivity contribution in [2.75, 3.05) is 7.11 Å². The minimum absolute atomic E-state index is 0.0318. The molecule has 0 spiro atoms. The maximum Gasteiger partial charge on any atom is 0.354 e. The predicted molar refractivity (Wildman–Crippen MR) is 60.5 cm³/mol. The predicted octanol–water partition coefficient (Wildman–Crippen LogP) is 1.94. The number of esters is 1. The van der Waals surface area contributed by atoms with Crippen LogP contribution in [0.2, 0.25) is 5.02 Å². The fraction of sp³-hybridized carbons (Fsp3) is 0.0909. The van der Waals surface area contributed by atoms with E-state index in [-0.39, 0.29) is 16.0 Å². The molecule has 0 saturated heterocycles. The van der Waals surface area contributed by atoms with Crippen molar-refractivity contribution in [2.24, 2.45) is 0 Å². The molecular formula is C11H7ClO5. The Morgan fingerprint density at radius 3 is 2.82 bits per heavy atom. The molecule has 0 aliphatic heterocycles. The molecule has 2 rings (SSSR count). The van der Waals surface area contributed by atoms with Crippen LogP contribution in [0.15, 0.2) is 27.4 Å². The van der Waals surface area contributed by atoms with Crippen molar-refractivity contribution >= 4 is 28.5 Å². The summed E-state index contributed by atoms with van der Waals surface area (Å²) >= 11 is 5.81. The number of para-hydroxylation sites is 1. The third kappa shape index (κ3) is 1.74. The van der Waals surface area contributed by atoms with Gasteiger partial charge < -0.3 is 14.3 Å². The van der Waals surface area contributed by atoms with Gasteiger partial charge >= 0.3 is 11.6 Å². The molecule has 2 aromatic rings. The molecule has 17 heavy (non-hydrogen) atoms. The number of halogens is 1. The first kappa shape index (κ1) is 11.5. The van der Waals surface area contributed by atoms with E-state index in [2.05, 4.69) is 4.74 Å². The van der Waals surface area contributed by atoms with Crippen molar-refractivity contribution in [3.05, 3.63) is 39.2 Å². The molecule has 1 heterocycles. The monoisotopic (exact) mass is 254 g/mol. The zero-order valence-corrected chi connectivity index (χ0v) is 9.45. The number of fused-ring (bicyclic) bond motifs is 1. The van der Waals surface area contributed by atoms with Crippen LogP contribution in [0, 0.1) is 0 Å². The van der Waals surface area contributed by atoms with E-state index in [4.69, 9.17) is 16.0 Å². The first-order valence-electron chi connectivity index (χ1n) is 4.59. The molecule has 1 N–H and O–H groups in total. The summed E-state index contributed by atoms with van der Waals surface area (Å²) < 4.78 is 9.26. The summed E-state index contributed by atoms with van der Waals surface area (Å²) in [5, 5.41) is 10.2. The molecule has 0 saturated carbocycles. The highest BCUT2D eigenvalue weighted by molar-refractivity contribution is 6.35. The van der Waals surface area contributed by atoms with Gasteiger partial charge in [-0.25, -0.2) is 9.59 Å². The van der Waals surface area contributed by atoms with E-state index in [0.29, 0.717) is 0 Å². The highest BCUT2D eigenvalue weighted by Gasteiger charge is 2.22. The Balaban J connectivity index is 2.91. The van der Waals surface area contributed by atoms with Gasteiger partial charge in [-0.15, -0.1) is 0 Å². The van der Waals surface area contributed by atoms with Gasteiger partial charge in [0, 0.05) is 0 Å². The molecule has 0 fully saturated rings. The van der Waals surface area contributed by atoms with Gasteiger partial charge in [-0.05, 0) is 12.1 Å². The van der Waals surface area contributed by atoms with Gasteiger partial charge in [-0.1, -0.05) is 17.7 Å². The SMILES string of the molecule is COC(=O)c1c(O)c2cccc(Cl)c2oc1=O. The van der Waals surface area contributed by atoms with Gasteiger partial charge in [0.25, 0.3) is 0 Å². The number of carbonyl (C=O) groups is 1. The van der Waals surface area contributed by atoms with E-state index in [1.54, 1.807) is 6.07 Å². The molecule has 88 valence electrons. The molecule has 0 radical (unpaired) electrons. The van der Waals surface area contributed by atoms with Gasteiger partial charge in [0.15, 0.2) is 11.1 Å². The number of hydrogen-bond donors (Lipinski definition) is 1. The molecule has 1 aromatic heterocycles. The number of methoxy groups -OCH3 is 1. The van der Waals surface area contributed by atoms with E-state index in [1.165, 1.54) is 12.1 Å². The molecule has 0 amide bonds. The first-order valence-corrected chi connectivity index (χ1v) is 4.96. The normalized spacial score (nSPS) is 10.5. The Morgan fingerprint density at radius 1 is 1.47 bits per heavy atom. The average Bonchev–Trinajstić information content (AvgIpc) is 2.30. The topological polar surface area (TPSA) is 76.7 Å². The van der Waals surface area contributed by atoms with Gasteiger partial charge in [-0.3, -0.25) is 0 Å². The molecule has 0 atom stereocenters. The van der Waals surface area contributed by atoms with Crippen LogP contribution in [0.25, 0.3) is 11.0 Å². The van der Waals surface area contributed by atoms with E-state index >= 15 is 0 Å². The Kier molecular flexibility index (Phi) is 2.77. The minimum Gasteiger partial charge on any atom is -0.506 e. The summed E-state index contributed by atoms with van der Waals surface area (Å²) in [7, 11) is 1.10. The van der Waals surface area contributed by atoms with E-state index in [0.717, 1.165) is 7.11 Å². The van der Waals surface area contributed by atoms with E-state index in [9.17, 15) is 14.7 Å². The van der Waals surface area contributed by atoms with Crippen LogP contribution in [0.5, 0.6) is 5.75 Å². The standard InChI is InChI=1S/C11H7ClO5/c1-16-10(14)7-8(13)5-3-2-4-6(12)9(5)17-11(7)15/h2-4,13H,1H3. The quantitative estimate of drug-likeness (QED) is 0.622. The third-order valence-corrected chi connectivity index (χ3v) is 2.54. The maximum atomic E-state index is 11.5. The Hall–Kier alpha value is -2.01. The number of carbonyl (C=O) groups excluding carboxylic acids is 1. The zero-order valence-electron chi connectivity index (χ0n) is 8.69. The molecule has 0 bridgehead atoms. The molecular weight excluding hydrogens is 248 g/mol. The van der Waals surface area contributed by atoms with Crippen LogP contribution >= 0.6 is 11.6 Å². The summed E-state index contributed by atoms with van der Waals surface area (Å²) in [6, 6.07) is 4.54. The van der Waals surface area contributed by atoms with E-state index < -0.39 is 22.9 Å². The second-order valence-electron chi connectivity index (χ2n) is 3.22. The molecule has 0 aliphatic carbocycles. The van der Waals surface area contributed by atoms with Crippen LogP contribution in [-0.2, 0) is 4.74 Å². The number of hydrogen-bond acceptors (Lipinski definition) is 5. The third-order valence-electron chi connectivity index (χ3n) is 2.25. The van der Waals surface area contributed by atoms with Crippen LogP contribution < -0.4 is 5.63 Å². The van der Waals surface area contributed by atoms with Crippen LogP contribution in [0.1, 0.15) is 10.4 Å². The minimum atomic E-state index is -0.991. The van der Waals surface area contributed by atoms with Crippen molar-refractivity contribution in [3.8, 4) is 5.75 Å². The van der Waals surface area contributed by atoms with Gasteiger partial charge in [-0.2, -0.15) is 0 Å². The highest BCUT2D eigenvalue weighted by atomic mass is 35.5.